The zero-order valence-corrected chi connectivity index (χ0v) is 8.94. The highest BCUT2D eigenvalue weighted by Gasteiger charge is 2.50. The third kappa shape index (κ3) is 2.11. The molecule has 2 aliphatic heterocycles. The van der Waals surface area contributed by atoms with Crippen LogP contribution in [0.5, 0.6) is 0 Å². The lowest BCUT2D eigenvalue weighted by Crippen LogP contribution is -2.56. The minimum absolute atomic E-state index is 0.174. The number of aldehydes is 1. The van der Waals surface area contributed by atoms with E-state index in [0.29, 0.717) is 6.61 Å². The number of epoxide rings is 1. The normalized spacial score (nSPS) is 49.8. The summed E-state index contributed by atoms with van der Waals surface area (Å²) >= 11 is 0. The van der Waals surface area contributed by atoms with Crippen LogP contribution in [0.4, 0.5) is 0 Å². The maximum absolute atomic E-state index is 10.7. The molecule has 2 aliphatic rings. The highest BCUT2D eigenvalue weighted by atomic mass is 16.6. The predicted octanol–water partition coefficient (Wildman–Crippen LogP) is -1.58. The molecule has 92 valence electrons. The largest absolute Gasteiger partial charge is 0.393 e. The number of carbonyl (C=O) groups is 1. The molecule has 2 saturated heterocycles. The Labute approximate surface area is 92.8 Å². The highest BCUT2D eigenvalue weighted by molar-refractivity contribution is 5.60. The van der Waals surface area contributed by atoms with E-state index in [-0.39, 0.29) is 24.7 Å². The molecule has 0 saturated carbocycles. The SMILES string of the molecule is CC1C(O)CC(O)(C=O)OC1C(O)C1CO1. The number of rotatable bonds is 3. The van der Waals surface area contributed by atoms with Crippen molar-refractivity contribution in [1.29, 1.82) is 0 Å². The molecule has 0 aromatic carbocycles. The second-order valence-corrected chi connectivity index (χ2v) is 4.54. The minimum atomic E-state index is -2.01. The van der Waals surface area contributed by atoms with E-state index < -0.39 is 24.1 Å². The van der Waals surface area contributed by atoms with Crippen LogP contribution in [0.3, 0.4) is 0 Å². The number of hydrogen-bond donors (Lipinski definition) is 3. The van der Waals surface area contributed by atoms with E-state index in [0.717, 1.165) is 0 Å². The van der Waals surface area contributed by atoms with Gasteiger partial charge in [-0.2, -0.15) is 0 Å². The molecular weight excluding hydrogens is 216 g/mol. The van der Waals surface area contributed by atoms with Crippen molar-refractivity contribution in [3.8, 4) is 0 Å². The van der Waals surface area contributed by atoms with Gasteiger partial charge in [-0.3, -0.25) is 4.79 Å². The van der Waals surface area contributed by atoms with Crippen molar-refractivity contribution in [3.63, 3.8) is 0 Å². The fraction of sp³-hybridized carbons (Fsp3) is 0.900. The second kappa shape index (κ2) is 4.05. The summed E-state index contributed by atoms with van der Waals surface area (Å²) in [5.74, 6) is -2.37. The van der Waals surface area contributed by atoms with Crippen molar-refractivity contribution in [1.82, 2.24) is 0 Å². The van der Waals surface area contributed by atoms with E-state index in [1.807, 2.05) is 0 Å². The smallest absolute Gasteiger partial charge is 0.226 e. The summed E-state index contributed by atoms with van der Waals surface area (Å²) in [6, 6.07) is 0. The Kier molecular flexibility index (Phi) is 3.02. The number of carbonyl (C=O) groups excluding carboxylic acids is 1. The van der Waals surface area contributed by atoms with Gasteiger partial charge in [0.05, 0.1) is 18.8 Å². The van der Waals surface area contributed by atoms with E-state index in [9.17, 15) is 20.1 Å². The predicted molar refractivity (Wildman–Crippen MR) is 51.4 cm³/mol. The first kappa shape index (κ1) is 11.9. The minimum Gasteiger partial charge on any atom is -0.393 e. The molecule has 0 amide bonds. The molecule has 0 aromatic rings. The Hall–Kier alpha value is -0.530. The van der Waals surface area contributed by atoms with Gasteiger partial charge in [-0.1, -0.05) is 6.92 Å². The third-order valence-corrected chi connectivity index (χ3v) is 3.23. The molecular formula is C10H16O6. The zero-order valence-electron chi connectivity index (χ0n) is 8.94. The average Bonchev–Trinajstić information content (AvgIpc) is 3.06. The number of aliphatic hydroxyl groups excluding tert-OH is 2. The molecule has 0 spiro atoms. The molecule has 6 atom stereocenters. The molecule has 0 bridgehead atoms. The van der Waals surface area contributed by atoms with Gasteiger partial charge in [0.15, 0.2) is 6.29 Å². The van der Waals surface area contributed by atoms with Crippen LogP contribution in [0.25, 0.3) is 0 Å². The van der Waals surface area contributed by atoms with Crippen molar-refractivity contribution in [3.05, 3.63) is 0 Å². The average molecular weight is 232 g/mol. The molecule has 6 unspecified atom stereocenters. The van der Waals surface area contributed by atoms with Crippen molar-refractivity contribution < 1.29 is 29.6 Å². The maximum Gasteiger partial charge on any atom is 0.226 e. The van der Waals surface area contributed by atoms with Gasteiger partial charge >= 0.3 is 0 Å². The number of ether oxygens (including phenoxy) is 2. The summed E-state index contributed by atoms with van der Waals surface area (Å²) in [6.07, 6.45) is -2.87. The van der Waals surface area contributed by atoms with Crippen LogP contribution in [-0.2, 0) is 14.3 Å². The topological polar surface area (TPSA) is 99.5 Å². The van der Waals surface area contributed by atoms with E-state index >= 15 is 0 Å². The second-order valence-electron chi connectivity index (χ2n) is 4.54. The van der Waals surface area contributed by atoms with Crippen molar-refractivity contribution in [2.45, 2.75) is 43.5 Å². The Morgan fingerprint density at radius 1 is 1.56 bits per heavy atom. The standard InChI is InChI=1S/C10H16O6/c1-5-6(12)2-10(14,4-11)16-9(5)8(13)7-3-15-7/h4-9,12-14H,2-3H2,1H3. The van der Waals surface area contributed by atoms with Crippen LogP contribution in [0, 0.1) is 5.92 Å². The Morgan fingerprint density at radius 2 is 2.19 bits per heavy atom. The van der Waals surface area contributed by atoms with Gasteiger partial charge in [-0.05, 0) is 0 Å². The van der Waals surface area contributed by atoms with Crippen LogP contribution in [0.15, 0.2) is 0 Å². The Balaban J connectivity index is 2.11. The van der Waals surface area contributed by atoms with Crippen molar-refractivity contribution in [2.75, 3.05) is 6.61 Å². The molecule has 2 rings (SSSR count). The Morgan fingerprint density at radius 3 is 2.69 bits per heavy atom. The van der Waals surface area contributed by atoms with Crippen LogP contribution >= 0.6 is 0 Å². The molecule has 0 radical (unpaired) electrons. The summed E-state index contributed by atoms with van der Waals surface area (Å²) in [6.45, 7) is 2.13. The summed E-state index contributed by atoms with van der Waals surface area (Å²) in [5.41, 5.74) is 0. The maximum atomic E-state index is 10.7. The molecule has 0 aromatic heterocycles. The fourth-order valence-corrected chi connectivity index (χ4v) is 2.02. The third-order valence-electron chi connectivity index (χ3n) is 3.23. The molecule has 2 heterocycles. The monoisotopic (exact) mass is 232 g/mol. The molecule has 16 heavy (non-hydrogen) atoms. The van der Waals surface area contributed by atoms with Gasteiger partial charge in [-0.15, -0.1) is 0 Å². The molecule has 6 heteroatoms. The quantitative estimate of drug-likeness (QED) is 0.401. The number of hydrogen-bond acceptors (Lipinski definition) is 6. The molecule has 3 N–H and O–H groups in total. The van der Waals surface area contributed by atoms with Crippen LogP contribution in [0.1, 0.15) is 13.3 Å². The molecule has 0 aliphatic carbocycles. The molecule has 2 fully saturated rings. The van der Waals surface area contributed by atoms with Crippen LogP contribution < -0.4 is 0 Å². The van der Waals surface area contributed by atoms with E-state index in [2.05, 4.69) is 0 Å². The lowest BCUT2D eigenvalue weighted by Gasteiger charge is -2.42. The van der Waals surface area contributed by atoms with E-state index in [1.54, 1.807) is 6.92 Å². The van der Waals surface area contributed by atoms with E-state index in [1.165, 1.54) is 0 Å². The summed E-state index contributed by atoms with van der Waals surface area (Å²) in [4.78, 5) is 10.7. The van der Waals surface area contributed by atoms with Gasteiger partial charge in [0.2, 0.25) is 5.79 Å². The first-order valence-corrected chi connectivity index (χ1v) is 5.31. The van der Waals surface area contributed by atoms with Crippen LogP contribution in [-0.4, -0.2) is 58.4 Å². The summed E-state index contributed by atoms with van der Waals surface area (Å²) < 4.78 is 10.1. The lowest BCUT2D eigenvalue weighted by molar-refractivity contribution is -0.281. The summed E-state index contributed by atoms with van der Waals surface area (Å²) in [5, 5.41) is 29.2. The highest BCUT2D eigenvalue weighted by Crippen LogP contribution is 2.34. The van der Waals surface area contributed by atoms with Crippen molar-refractivity contribution in [2.24, 2.45) is 5.92 Å². The lowest BCUT2D eigenvalue weighted by atomic mass is 9.85. The van der Waals surface area contributed by atoms with Crippen molar-refractivity contribution >= 4 is 6.29 Å². The van der Waals surface area contributed by atoms with E-state index in [4.69, 9.17) is 9.47 Å². The van der Waals surface area contributed by atoms with Gasteiger partial charge < -0.3 is 24.8 Å². The first-order valence-electron chi connectivity index (χ1n) is 5.31. The molecule has 6 nitrogen and oxygen atoms in total. The van der Waals surface area contributed by atoms with Gasteiger partial charge in [-0.25, -0.2) is 0 Å². The first-order chi connectivity index (χ1) is 7.47. The fourth-order valence-electron chi connectivity index (χ4n) is 2.02. The zero-order chi connectivity index (χ0) is 11.9. The van der Waals surface area contributed by atoms with Crippen LogP contribution in [0.2, 0.25) is 0 Å². The van der Waals surface area contributed by atoms with Gasteiger partial charge in [0, 0.05) is 12.3 Å². The van der Waals surface area contributed by atoms with Gasteiger partial charge in [0.1, 0.15) is 12.2 Å². The number of aliphatic hydroxyl groups is 3. The Bertz CT molecular complexity index is 274. The van der Waals surface area contributed by atoms with Gasteiger partial charge in [0.25, 0.3) is 0 Å². The summed E-state index contributed by atoms with van der Waals surface area (Å²) in [7, 11) is 0.